The Balaban J connectivity index is 1.18. The molecule has 2 aliphatic heterocycles. The van der Waals surface area contributed by atoms with Gasteiger partial charge in [-0.3, -0.25) is 9.30 Å². The van der Waals surface area contributed by atoms with Crippen molar-refractivity contribution in [1.29, 1.82) is 0 Å². The molecule has 30 heavy (non-hydrogen) atoms. The lowest BCUT2D eigenvalue weighted by Crippen LogP contribution is -2.52. The molecule has 1 N–H and O–H groups in total. The fourth-order valence-electron chi connectivity index (χ4n) is 3.85. The van der Waals surface area contributed by atoms with E-state index in [9.17, 15) is 0 Å². The average molecular weight is 427 g/mol. The minimum absolute atomic E-state index is 0.321. The van der Waals surface area contributed by atoms with Gasteiger partial charge in [0.1, 0.15) is 0 Å². The molecule has 0 aliphatic carbocycles. The van der Waals surface area contributed by atoms with E-state index >= 15 is 0 Å². The van der Waals surface area contributed by atoms with Gasteiger partial charge in [-0.15, -0.1) is 11.3 Å². The summed E-state index contributed by atoms with van der Waals surface area (Å²) in [5.41, 5.74) is 2.26. The van der Waals surface area contributed by atoms with Gasteiger partial charge in [-0.2, -0.15) is 0 Å². The predicted octanol–water partition coefficient (Wildman–Crippen LogP) is 2.41. The molecule has 2 aliphatic rings. The fraction of sp³-hybridized carbons (Fsp3) is 0.429. The first-order valence-corrected chi connectivity index (χ1v) is 11.2. The van der Waals surface area contributed by atoms with Crippen molar-refractivity contribution in [2.24, 2.45) is 4.99 Å². The van der Waals surface area contributed by atoms with Crippen LogP contribution in [0.15, 0.2) is 41.0 Å². The molecule has 158 valence electrons. The van der Waals surface area contributed by atoms with Gasteiger partial charge in [-0.05, 0) is 24.6 Å². The zero-order valence-corrected chi connectivity index (χ0v) is 17.9. The summed E-state index contributed by atoms with van der Waals surface area (Å²) in [6.07, 6.45) is 4.09. The van der Waals surface area contributed by atoms with Gasteiger partial charge in [0.05, 0.1) is 12.2 Å². The van der Waals surface area contributed by atoms with Gasteiger partial charge in [0.25, 0.3) is 0 Å². The number of aliphatic imine (C=N–C) groups is 1. The van der Waals surface area contributed by atoms with E-state index in [1.807, 2.05) is 17.6 Å². The Morgan fingerprint density at radius 1 is 1.20 bits per heavy atom. The topological polar surface area (TPSA) is 66.6 Å². The molecule has 0 unspecified atom stereocenters. The molecule has 0 bridgehead atoms. The minimum atomic E-state index is 0.321. The molecule has 1 aromatic carbocycles. The second-order valence-corrected chi connectivity index (χ2v) is 8.32. The number of rotatable bonds is 5. The lowest BCUT2D eigenvalue weighted by molar-refractivity contribution is 0.171. The molecule has 4 heterocycles. The van der Waals surface area contributed by atoms with E-state index in [0.717, 1.165) is 67.4 Å². The first-order chi connectivity index (χ1) is 14.8. The smallest absolute Gasteiger partial charge is 0.231 e. The molecule has 2 aromatic heterocycles. The fourth-order valence-corrected chi connectivity index (χ4v) is 4.57. The number of aromatic nitrogens is 2. The Bertz CT molecular complexity index is 1010. The number of guanidine groups is 1. The molecule has 1 fully saturated rings. The van der Waals surface area contributed by atoms with Crippen LogP contribution in [-0.2, 0) is 13.1 Å². The summed E-state index contributed by atoms with van der Waals surface area (Å²) < 4.78 is 13.0. The molecule has 5 rings (SSSR count). The number of nitrogens with one attached hydrogen (secondary N) is 1. The molecular formula is C21H26N6O2S. The quantitative estimate of drug-likeness (QED) is 0.499. The largest absolute Gasteiger partial charge is 0.454 e. The Morgan fingerprint density at radius 2 is 2.07 bits per heavy atom. The second kappa shape index (κ2) is 8.53. The molecule has 1 saturated heterocycles. The van der Waals surface area contributed by atoms with Crippen molar-refractivity contribution < 1.29 is 9.47 Å². The van der Waals surface area contributed by atoms with Crippen LogP contribution < -0.4 is 14.8 Å². The third-order valence-corrected chi connectivity index (χ3v) is 6.15. The van der Waals surface area contributed by atoms with E-state index in [1.54, 1.807) is 11.3 Å². The van der Waals surface area contributed by atoms with Crippen molar-refractivity contribution in [3.63, 3.8) is 0 Å². The lowest BCUT2D eigenvalue weighted by atomic mass is 10.1. The van der Waals surface area contributed by atoms with Crippen molar-refractivity contribution in [3.8, 4) is 11.5 Å². The highest BCUT2D eigenvalue weighted by Crippen LogP contribution is 2.32. The second-order valence-electron chi connectivity index (χ2n) is 7.45. The van der Waals surface area contributed by atoms with Crippen LogP contribution in [0.25, 0.3) is 4.96 Å². The van der Waals surface area contributed by atoms with Gasteiger partial charge < -0.3 is 19.7 Å². The Morgan fingerprint density at radius 3 is 2.90 bits per heavy atom. The normalized spacial score (nSPS) is 17.1. The van der Waals surface area contributed by atoms with Crippen LogP contribution in [-0.4, -0.2) is 64.7 Å². The maximum atomic E-state index is 5.50. The van der Waals surface area contributed by atoms with Gasteiger partial charge in [0.2, 0.25) is 6.79 Å². The third kappa shape index (κ3) is 4.08. The van der Waals surface area contributed by atoms with E-state index in [1.165, 1.54) is 5.56 Å². The van der Waals surface area contributed by atoms with E-state index in [-0.39, 0.29) is 0 Å². The molecule has 0 atom stereocenters. The first-order valence-electron chi connectivity index (χ1n) is 10.3. The average Bonchev–Trinajstić information content (AvgIpc) is 3.47. The molecule has 9 heteroatoms. The predicted molar refractivity (Wildman–Crippen MR) is 117 cm³/mol. The van der Waals surface area contributed by atoms with E-state index in [2.05, 4.69) is 49.8 Å². The van der Waals surface area contributed by atoms with Crippen LogP contribution in [0, 0.1) is 0 Å². The first kappa shape index (κ1) is 19.2. The molecular weight excluding hydrogens is 400 g/mol. The number of piperazine rings is 1. The zero-order chi connectivity index (χ0) is 20.3. The van der Waals surface area contributed by atoms with Crippen molar-refractivity contribution in [2.75, 3.05) is 39.5 Å². The van der Waals surface area contributed by atoms with Crippen molar-refractivity contribution in [1.82, 2.24) is 24.5 Å². The Hall–Kier alpha value is -2.78. The van der Waals surface area contributed by atoms with Crippen LogP contribution >= 0.6 is 11.3 Å². The summed E-state index contributed by atoms with van der Waals surface area (Å²) in [6.45, 7) is 8.70. The van der Waals surface area contributed by atoms with Gasteiger partial charge in [0, 0.05) is 57.0 Å². The number of nitrogens with zero attached hydrogens (tertiary/aromatic N) is 5. The van der Waals surface area contributed by atoms with E-state index in [4.69, 9.17) is 14.5 Å². The van der Waals surface area contributed by atoms with Crippen LogP contribution in [0.3, 0.4) is 0 Å². The van der Waals surface area contributed by atoms with Crippen LogP contribution in [0.4, 0.5) is 0 Å². The molecule has 0 amide bonds. The lowest BCUT2D eigenvalue weighted by Gasteiger charge is -2.36. The summed E-state index contributed by atoms with van der Waals surface area (Å²) >= 11 is 1.65. The van der Waals surface area contributed by atoms with Crippen LogP contribution in [0.1, 0.15) is 18.2 Å². The molecule has 0 radical (unpaired) electrons. The standard InChI is InChI=1S/C21H26N6O2S/c1-2-22-20(23-12-17-14-27-9-10-30-21(27)24-17)26-7-5-25(6-8-26)13-16-3-4-18-19(11-16)29-15-28-18/h3-4,9-11,14H,2,5-8,12-13,15H2,1H3,(H,22,23). The molecule has 3 aromatic rings. The number of hydrogen-bond acceptors (Lipinski definition) is 6. The van der Waals surface area contributed by atoms with Gasteiger partial charge in [-0.1, -0.05) is 6.07 Å². The summed E-state index contributed by atoms with van der Waals surface area (Å²) in [5.74, 6) is 2.66. The van der Waals surface area contributed by atoms with Crippen molar-refractivity contribution >= 4 is 22.3 Å². The number of thiazole rings is 1. The van der Waals surface area contributed by atoms with Crippen LogP contribution in [0.5, 0.6) is 11.5 Å². The van der Waals surface area contributed by atoms with Crippen molar-refractivity contribution in [2.45, 2.75) is 20.0 Å². The molecule has 0 saturated carbocycles. The zero-order valence-electron chi connectivity index (χ0n) is 17.1. The SMILES string of the molecule is CCNC(=NCc1cn2ccsc2n1)N1CCN(Cc2ccc3c(c2)OCO3)CC1. The Labute approximate surface area is 179 Å². The number of benzene rings is 1. The highest BCUT2D eigenvalue weighted by atomic mass is 32.1. The third-order valence-electron chi connectivity index (χ3n) is 5.38. The number of fused-ring (bicyclic) bond motifs is 2. The van der Waals surface area contributed by atoms with E-state index < -0.39 is 0 Å². The number of hydrogen-bond donors (Lipinski definition) is 1. The number of ether oxygens (including phenoxy) is 2. The van der Waals surface area contributed by atoms with E-state index in [0.29, 0.717) is 13.3 Å². The summed E-state index contributed by atoms with van der Waals surface area (Å²) in [4.78, 5) is 15.3. The Kier molecular flexibility index (Phi) is 5.46. The summed E-state index contributed by atoms with van der Waals surface area (Å²) in [7, 11) is 0. The number of imidazole rings is 1. The summed E-state index contributed by atoms with van der Waals surface area (Å²) in [5, 5.41) is 5.48. The summed E-state index contributed by atoms with van der Waals surface area (Å²) in [6, 6.07) is 6.22. The maximum Gasteiger partial charge on any atom is 0.231 e. The van der Waals surface area contributed by atoms with Gasteiger partial charge >= 0.3 is 0 Å². The van der Waals surface area contributed by atoms with Crippen molar-refractivity contribution in [3.05, 3.63) is 47.2 Å². The van der Waals surface area contributed by atoms with Crippen LogP contribution in [0.2, 0.25) is 0 Å². The highest BCUT2D eigenvalue weighted by molar-refractivity contribution is 7.15. The molecule has 0 spiro atoms. The van der Waals surface area contributed by atoms with Gasteiger partial charge in [-0.25, -0.2) is 9.98 Å². The maximum absolute atomic E-state index is 5.50. The monoisotopic (exact) mass is 426 g/mol. The highest BCUT2D eigenvalue weighted by Gasteiger charge is 2.21. The minimum Gasteiger partial charge on any atom is -0.454 e. The van der Waals surface area contributed by atoms with Gasteiger partial charge in [0.15, 0.2) is 22.4 Å². The molecule has 8 nitrogen and oxygen atoms in total.